The van der Waals surface area contributed by atoms with Gasteiger partial charge < -0.3 is 10.0 Å². The molecule has 0 bridgehead atoms. The minimum atomic E-state index is -0.331. The van der Waals surface area contributed by atoms with Crippen LogP contribution in [0.2, 0.25) is 5.02 Å². The van der Waals surface area contributed by atoms with Crippen molar-refractivity contribution in [2.24, 2.45) is 0 Å². The Kier molecular flexibility index (Phi) is 6.22. The molecule has 1 aromatic carbocycles. The van der Waals surface area contributed by atoms with Crippen molar-refractivity contribution in [2.45, 2.75) is 45.1 Å². The molecule has 166 valence electrons. The first-order valence-corrected chi connectivity index (χ1v) is 11.0. The molecule has 8 heteroatoms. The van der Waals surface area contributed by atoms with Gasteiger partial charge in [0.2, 0.25) is 0 Å². The number of hydrogen-bond donors (Lipinski definition) is 1. The number of rotatable bonds is 3. The van der Waals surface area contributed by atoms with E-state index in [2.05, 4.69) is 40.7 Å². The first kappa shape index (κ1) is 22.3. The van der Waals surface area contributed by atoms with Crippen molar-refractivity contribution in [3.63, 3.8) is 0 Å². The van der Waals surface area contributed by atoms with E-state index in [1.54, 1.807) is 29.3 Å². The van der Waals surface area contributed by atoms with E-state index < -0.39 is 0 Å². The summed E-state index contributed by atoms with van der Waals surface area (Å²) < 4.78 is 0. The van der Waals surface area contributed by atoms with Crippen LogP contribution in [0.3, 0.4) is 0 Å². The second-order valence-corrected chi connectivity index (χ2v) is 9.44. The number of piperidine rings is 1. The van der Waals surface area contributed by atoms with Gasteiger partial charge in [0, 0.05) is 47.1 Å². The summed E-state index contributed by atoms with van der Waals surface area (Å²) in [5, 5.41) is 10.1. The minimum Gasteiger partial charge on any atom is -0.393 e. The molecule has 1 amide bonds. The fourth-order valence-electron chi connectivity index (χ4n) is 3.63. The number of amides is 1. The monoisotopic (exact) mass is 451 g/mol. The number of aliphatic hydroxyl groups is 1. The lowest BCUT2D eigenvalue weighted by atomic mass is 9.91. The normalized spacial score (nSPS) is 15.1. The van der Waals surface area contributed by atoms with Gasteiger partial charge in [-0.2, -0.15) is 0 Å². The summed E-state index contributed by atoms with van der Waals surface area (Å²) in [6.45, 7) is 7.39. The third-order valence-corrected chi connectivity index (χ3v) is 5.88. The number of aliphatic hydroxyl groups excluding tert-OH is 1. The van der Waals surface area contributed by atoms with Gasteiger partial charge in [-0.25, -0.2) is 15.0 Å². The highest BCUT2D eigenvalue weighted by atomic mass is 35.5. The van der Waals surface area contributed by atoms with Crippen LogP contribution in [0.1, 0.15) is 49.7 Å². The van der Waals surface area contributed by atoms with Crippen LogP contribution in [-0.2, 0) is 5.41 Å². The molecule has 32 heavy (non-hydrogen) atoms. The highest BCUT2D eigenvalue weighted by Gasteiger charge is 2.23. The third-order valence-electron chi connectivity index (χ3n) is 5.57. The molecule has 4 rings (SSSR count). The molecular weight excluding hydrogens is 426 g/mol. The van der Waals surface area contributed by atoms with Gasteiger partial charge in [0.15, 0.2) is 11.6 Å². The molecule has 0 unspecified atom stereocenters. The molecule has 3 heterocycles. The van der Waals surface area contributed by atoms with Gasteiger partial charge in [0.25, 0.3) is 5.91 Å². The molecule has 7 nitrogen and oxygen atoms in total. The Hall–Kier alpha value is -2.90. The Morgan fingerprint density at radius 1 is 1.06 bits per heavy atom. The predicted octanol–water partition coefficient (Wildman–Crippen LogP) is 4.15. The second kappa shape index (κ2) is 8.92. The molecule has 3 aromatic rings. The van der Waals surface area contributed by atoms with Crippen molar-refractivity contribution >= 4 is 17.5 Å². The maximum Gasteiger partial charge on any atom is 0.253 e. The van der Waals surface area contributed by atoms with Gasteiger partial charge in [-0.05, 0) is 43.2 Å². The average molecular weight is 452 g/mol. The van der Waals surface area contributed by atoms with Gasteiger partial charge in [0.1, 0.15) is 6.33 Å². The number of hydrogen-bond acceptors (Lipinski definition) is 6. The molecule has 1 saturated heterocycles. The van der Waals surface area contributed by atoms with Crippen molar-refractivity contribution in [3.8, 4) is 22.8 Å². The molecule has 0 spiro atoms. The number of carbonyl (C=O) groups excluding carboxylic acids is 1. The predicted molar refractivity (Wildman–Crippen MR) is 123 cm³/mol. The van der Waals surface area contributed by atoms with Crippen LogP contribution < -0.4 is 0 Å². The van der Waals surface area contributed by atoms with Crippen molar-refractivity contribution < 1.29 is 9.90 Å². The summed E-state index contributed by atoms with van der Waals surface area (Å²) in [4.78, 5) is 32.2. The third kappa shape index (κ3) is 4.79. The van der Waals surface area contributed by atoms with Crippen LogP contribution >= 0.6 is 11.6 Å². The van der Waals surface area contributed by atoms with Gasteiger partial charge >= 0.3 is 0 Å². The first-order chi connectivity index (χ1) is 15.2. The quantitative estimate of drug-likeness (QED) is 0.643. The topological polar surface area (TPSA) is 92.1 Å². The molecule has 1 fully saturated rings. The lowest BCUT2D eigenvalue weighted by molar-refractivity contribution is 0.0546. The fraction of sp³-hybridized carbons (Fsp3) is 0.375. The maximum atomic E-state index is 12.8. The molecule has 0 atom stereocenters. The smallest absolute Gasteiger partial charge is 0.253 e. The van der Waals surface area contributed by atoms with Gasteiger partial charge in [0.05, 0.1) is 11.1 Å². The Morgan fingerprint density at radius 3 is 2.47 bits per heavy atom. The highest BCUT2D eigenvalue weighted by molar-refractivity contribution is 6.33. The first-order valence-electron chi connectivity index (χ1n) is 10.7. The largest absolute Gasteiger partial charge is 0.393 e. The van der Waals surface area contributed by atoms with Crippen LogP contribution in [0.25, 0.3) is 22.8 Å². The number of halogens is 1. The second-order valence-electron chi connectivity index (χ2n) is 9.03. The molecular formula is C24H26ClN5O2. The van der Waals surface area contributed by atoms with Gasteiger partial charge in [-0.1, -0.05) is 32.4 Å². The van der Waals surface area contributed by atoms with E-state index in [0.29, 0.717) is 53.7 Å². The van der Waals surface area contributed by atoms with E-state index in [9.17, 15) is 9.90 Å². The molecule has 0 aliphatic carbocycles. The summed E-state index contributed by atoms with van der Waals surface area (Å²) in [6.07, 6.45) is 4.08. The van der Waals surface area contributed by atoms with Crippen LogP contribution in [0.5, 0.6) is 0 Å². The van der Waals surface area contributed by atoms with Crippen molar-refractivity contribution in [1.29, 1.82) is 0 Å². The zero-order valence-electron chi connectivity index (χ0n) is 18.4. The number of carbonyl (C=O) groups is 1. The number of pyridine rings is 1. The Morgan fingerprint density at radius 2 is 1.78 bits per heavy atom. The number of nitrogens with zero attached hydrogens (tertiary/aromatic N) is 5. The maximum absolute atomic E-state index is 12.8. The minimum absolute atomic E-state index is 0.0896. The zero-order valence-corrected chi connectivity index (χ0v) is 19.2. The molecule has 1 N–H and O–H groups in total. The lowest BCUT2D eigenvalue weighted by Gasteiger charge is -2.29. The van der Waals surface area contributed by atoms with Crippen molar-refractivity contribution in [2.75, 3.05) is 13.1 Å². The number of likely N-dealkylation sites (tertiary alicyclic amines) is 1. The highest BCUT2D eigenvalue weighted by Crippen LogP contribution is 2.29. The van der Waals surface area contributed by atoms with E-state index in [0.717, 1.165) is 11.3 Å². The van der Waals surface area contributed by atoms with Crippen LogP contribution in [0, 0.1) is 0 Å². The van der Waals surface area contributed by atoms with Crippen molar-refractivity contribution in [1.82, 2.24) is 24.8 Å². The van der Waals surface area contributed by atoms with E-state index >= 15 is 0 Å². The van der Waals surface area contributed by atoms with Gasteiger partial charge in [-0.3, -0.25) is 9.78 Å². The standard InChI is InChI=1S/C24H26ClN5O2/c1-24(2,3)20-13-15(6-9-26-20)21-27-14-28-22(29-21)18-5-4-16(12-19(18)25)23(32)30-10-7-17(31)8-11-30/h4-6,9,12-14,17,31H,7-8,10-11H2,1-3H3. The summed E-state index contributed by atoms with van der Waals surface area (Å²) >= 11 is 6.53. The number of benzene rings is 1. The van der Waals surface area contributed by atoms with Crippen LogP contribution in [-0.4, -0.2) is 55.0 Å². The zero-order chi connectivity index (χ0) is 22.9. The van der Waals surface area contributed by atoms with E-state index in [1.807, 2.05) is 12.1 Å². The molecule has 0 saturated carbocycles. The van der Waals surface area contributed by atoms with Crippen molar-refractivity contribution in [3.05, 3.63) is 59.1 Å². The Balaban J connectivity index is 1.60. The van der Waals surface area contributed by atoms with Crippen LogP contribution in [0.15, 0.2) is 42.9 Å². The summed E-state index contributed by atoms with van der Waals surface area (Å²) in [7, 11) is 0. The summed E-state index contributed by atoms with van der Waals surface area (Å²) in [5.41, 5.74) is 2.84. The van der Waals surface area contributed by atoms with Crippen LogP contribution in [0.4, 0.5) is 0 Å². The fourth-order valence-corrected chi connectivity index (χ4v) is 3.89. The van der Waals surface area contributed by atoms with E-state index in [4.69, 9.17) is 11.6 Å². The Bertz CT molecular complexity index is 1140. The SMILES string of the molecule is CC(C)(C)c1cc(-c2ncnc(-c3ccc(C(=O)N4CCC(O)CC4)cc3Cl)n2)ccn1. The van der Waals surface area contributed by atoms with Gasteiger partial charge in [-0.15, -0.1) is 0 Å². The summed E-state index contributed by atoms with van der Waals surface area (Å²) in [5.74, 6) is 0.883. The van der Waals surface area contributed by atoms with E-state index in [1.165, 1.54) is 6.33 Å². The molecule has 1 aliphatic rings. The molecule has 1 aliphatic heterocycles. The average Bonchev–Trinajstić information content (AvgIpc) is 2.78. The lowest BCUT2D eigenvalue weighted by Crippen LogP contribution is -2.40. The van der Waals surface area contributed by atoms with E-state index in [-0.39, 0.29) is 17.4 Å². The number of aromatic nitrogens is 4. The molecule has 2 aromatic heterocycles. The molecule has 0 radical (unpaired) electrons. The Labute approximate surface area is 192 Å². The summed E-state index contributed by atoms with van der Waals surface area (Å²) in [6, 6.07) is 9.01.